The van der Waals surface area contributed by atoms with Crippen molar-refractivity contribution in [2.45, 2.75) is 19.0 Å². The number of benzene rings is 2. The number of pyridine rings is 1. The van der Waals surface area contributed by atoms with Crippen molar-refractivity contribution in [2.24, 2.45) is 5.10 Å². The maximum atomic E-state index is 12.5. The summed E-state index contributed by atoms with van der Waals surface area (Å²) in [5.74, 6) is 1.37. The van der Waals surface area contributed by atoms with Crippen LogP contribution in [0.4, 0.5) is 0 Å². The van der Waals surface area contributed by atoms with Crippen molar-refractivity contribution >= 4 is 23.4 Å². The second-order valence-electron chi connectivity index (χ2n) is 7.38. The van der Waals surface area contributed by atoms with Gasteiger partial charge in [0.25, 0.3) is 5.91 Å². The Labute approximate surface area is 206 Å². The molecule has 4 aromatic rings. The van der Waals surface area contributed by atoms with Crippen LogP contribution in [-0.2, 0) is 4.79 Å². The second kappa shape index (κ2) is 11.3. The molecule has 0 aliphatic heterocycles. The maximum absolute atomic E-state index is 12.5. The lowest BCUT2D eigenvalue weighted by Crippen LogP contribution is -2.21. The van der Waals surface area contributed by atoms with Gasteiger partial charge in [-0.15, -0.1) is 10.2 Å². The molecule has 10 heteroatoms. The van der Waals surface area contributed by atoms with E-state index in [1.165, 1.54) is 11.8 Å². The van der Waals surface area contributed by atoms with Gasteiger partial charge in [0.15, 0.2) is 11.0 Å². The summed E-state index contributed by atoms with van der Waals surface area (Å²) in [6.45, 7) is 4.30. The monoisotopic (exact) mass is 488 g/mol. The van der Waals surface area contributed by atoms with Gasteiger partial charge >= 0.3 is 0 Å². The van der Waals surface area contributed by atoms with Crippen molar-refractivity contribution in [3.63, 3.8) is 0 Å². The highest BCUT2D eigenvalue weighted by molar-refractivity contribution is 7.99. The van der Waals surface area contributed by atoms with Gasteiger partial charge in [-0.3, -0.25) is 14.3 Å². The molecule has 2 heterocycles. The third-order valence-electron chi connectivity index (χ3n) is 4.92. The Morgan fingerprint density at radius 3 is 2.57 bits per heavy atom. The summed E-state index contributed by atoms with van der Waals surface area (Å²) in [6.07, 6.45) is 3.42. The van der Waals surface area contributed by atoms with Crippen LogP contribution in [0, 0.1) is 0 Å². The van der Waals surface area contributed by atoms with E-state index in [0.717, 1.165) is 22.6 Å². The number of ether oxygens (including phenoxy) is 1. The van der Waals surface area contributed by atoms with Gasteiger partial charge in [0.1, 0.15) is 11.5 Å². The minimum absolute atomic E-state index is 0.0918. The smallest absolute Gasteiger partial charge is 0.250 e. The average Bonchev–Trinajstić information content (AvgIpc) is 3.31. The standard InChI is InChI=1S/C25H24N6O3S/c1-3-34-22-12-8-20(9-13-22)31-24(19-5-4-14-26-15-19)29-30-25(31)35-16-23(33)28-27-17(2)18-6-10-21(32)11-7-18/h4-15,32H,3,16H2,1-2H3,(H,28,33)/b27-17+. The fourth-order valence-corrected chi connectivity index (χ4v) is 3.96. The Balaban J connectivity index is 1.52. The molecule has 1 amide bonds. The molecule has 35 heavy (non-hydrogen) atoms. The second-order valence-corrected chi connectivity index (χ2v) is 8.32. The van der Waals surface area contributed by atoms with Crippen LogP contribution in [0.1, 0.15) is 19.4 Å². The highest BCUT2D eigenvalue weighted by Crippen LogP contribution is 2.28. The molecule has 0 saturated carbocycles. The maximum Gasteiger partial charge on any atom is 0.250 e. The third-order valence-corrected chi connectivity index (χ3v) is 5.85. The number of phenolic OH excluding ortho intramolecular Hbond substituents is 1. The molecular formula is C25H24N6O3S. The number of carbonyl (C=O) groups is 1. The van der Waals surface area contributed by atoms with Gasteiger partial charge in [0.2, 0.25) is 0 Å². The van der Waals surface area contributed by atoms with Gasteiger partial charge < -0.3 is 9.84 Å². The summed E-state index contributed by atoms with van der Waals surface area (Å²) in [5.41, 5.74) is 5.63. The number of rotatable bonds is 9. The summed E-state index contributed by atoms with van der Waals surface area (Å²) in [4.78, 5) is 16.7. The van der Waals surface area contributed by atoms with Crippen molar-refractivity contribution in [1.82, 2.24) is 25.2 Å². The average molecular weight is 489 g/mol. The minimum Gasteiger partial charge on any atom is -0.508 e. The zero-order valence-electron chi connectivity index (χ0n) is 19.3. The van der Waals surface area contributed by atoms with Gasteiger partial charge in [-0.05, 0) is 80.1 Å². The highest BCUT2D eigenvalue weighted by Gasteiger charge is 2.17. The van der Waals surface area contributed by atoms with Crippen LogP contribution in [0.3, 0.4) is 0 Å². The van der Waals surface area contributed by atoms with Gasteiger partial charge in [-0.1, -0.05) is 11.8 Å². The number of amides is 1. The normalized spacial score (nSPS) is 11.3. The Morgan fingerprint density at radius 1 is 1.11 bits per heavy atom. The number of carbonyl (C=O) groups excluding carboxylic acids is 1. The van der Waals surface area contributed by atoms with E-state index >= 15 is 0 Å². The molecule has 178 valence electrons. The van der Waals surface area contributed by atoms with Crippen LogP contribution < -0.4 is 10.2 Å². The van der Waals surface area contributed by atoms with Gasteiger partial charge in [0.05, 0.1) is 18.1 Å². The Hall–Kier alpha value is -4.18. The molecule has 2 aromatic heterocycles. The Kier molecular flexibility index (Phi) is 7.74. The van der Waals surface area contributed by atoms with Crippen molar-refractivity contribution in [3.8, 4) is 28.6 Å². The summed E-state index contributed by atoms with van der Waals surface area (Å²) in [6, 6.07) is 17.9. The quantitative estimate of drug-likeness (QED) is 0.207. The highest BCUT2D eigenvalue weighted by atomic mass is 32.2. The van der Waals surface area contributed by atoms with Crippen LogP contribution in [0.15, 0.2) is 83.3 Å². The molecule has 0 spiro atoms. The van der Waals surface area contributed by atoms with Crippen LogP contribution in [0.25, 0.3) is 17.1 Å². The van der Waals surface area contributed by atoms with Crippen LogP contribution in [0.5, 0.6) is 11.5 Å². The molecular weight excluding hydrogens is 464 g/mol. The lowest BCUT2D eigenvalue weighted by atomic mass is 10.1. The van der Waals surface area contributed by atoms with Crippen molar-refractivity contribution in [2.75, 3.05) is 12.4 Å². The topological polar surface area (TPSA) is 115 Å². The molecule has 0 fully saturated rings. The van der Waals surface area contributed by atoms with Gasteiger partial charge in [-0.25, -0.2) is 5.43 Å². The Morgan fingerprint density at radius 2 is 1.89 bits per heavy atom. The largest absolute Gasteiger partial charge is 0.508 e. The number of phenols is 1. The number of aromatic nitrogens is 4. The number of nitrogens with zero attached hydrogens (tertiary/aromatic N) is 5. The van der Waals surface area contributed by atoms with Crippen molar-refractivity contribution < 1.29 is 14.6 Å². The van der Waals surface area contributed by atoms with Crippen LogP contribution in [0.2, 0.25) is 0 Å². The first kappa shape index (κ1) is 24.0. The number of hydrazone groups is 1. The van der Waals surface area contributed by atoms with Crippen LogP contribution >= 0.6 is 11.8 Å². The lowest BCUT2D eigenvalue weighted by molar-refractivity contribution is -0.118. The zero-order chi connectivity index (χ0) is 24.6. The molecule has 0 saturated heterocycles. The van der Waals surface area contributed by atoms with E-state index in [1.54, 1.807) is 43.6 Å². The fourth-order valence-electron chi connectivity index (χ4n) is 3.21. The predicted molar refractivity (Wildman–Crippen MR) is 135 cm³/mol. The number of thioether (sulfide) groups is 1. The Bertz CT molecular complexity index is 1310. The third kappa shape index (κ3) is 6.04. The molecule has 0 aliphatic rings. The predicted octanol–water partition coefficient (Wildman–Crippen LogP) is 4.07. The number of aromatic hydroxyl groups is 1. The lowest BCUT2D eigenvalue weighted by Gasteiger charge is -2.11. The molecule has 4 rings (SSSR count). The summed E-state index contributed by atoms with van der Waals surface area (Å²) in [7, 11) is 0. The van der Waals surface area contributed by atoms with Crippen molar-refractivity contribution in [1.29, 1.82) is 0 Å². The number of hydrogen-bond acceptors (Lipinski definition) is 8. The van der Waals surface area contributed by atoms with E-state index in [1.807, 2.05) is 47.9 Å². The van der Waals surface area contributed by atoms with E-state index in [9.17, 15) is 9.90 Å². The first-order valence-electron chi connectivity index (χ1n) is 10.9. The molecule has 0 atom stereocenters. The zero-order valence-corrected chi connectivity index (χ0v) is 20.1. The first-order chi connectivity index (χ1) is 17.0. The summed E-state index contributed by atoms with van der Waals surface area (Å²) >= 11 is 1.25. The molecule has 0 unspecified atom stereocenters. The number of hydrogen-bond donors (Lipinski definition) is 2. The van der Waals surface area contributed by atoms with Crippen molar-refractivity contribution in [3.05, 3.63) is 78.6 Å². The van der Waals surface area contributed by atoms with Crippen LogP contribution in [-0.4, -0.2) is 48.8 Å². The molecule has 0 bridgehead atoms. The van der Waals surface area contributed by atoms with E-state index in [0.29, 0.717) is 23.3 Å². The van der Waals surface area contributed by atoms with E-state index in [-0.39, 0.29) is 17.4 Å². The summed E-state index contributed by atoms with van der Waals surface area (Å²) < 4.78 is 7.44. The summed E-state index contributed by atoms with van der Waals surface area (Å²) in [5, 5.41) is 22.8. The molecule has 0 radical (unpaired) electrons. The molecule has 2 N–H and O–H groups in total. The minimum atomic E-state index is -0.280. The van der Waals surface area contributed by atoms with Gasteiger partial charge in [0, 0.05) is 23.6 Å². The molecule has 2 aromatic carbocycles. The fraction of sp³-hybridized carbons (Fsp3) is 0.160. The van der Waals surface area contributed by atoms with E-state index in [2.05, 4.69) is 25.7 Å². The van der Waals surface area contributed by atoms with E-state index in [4.69, 9.17) is 4.74 Å². The van der Waals surface area contributed by atoms with E-state index < -0.39 is 0 Å². The van der Waals surface area contributed by atoms with Gasteiger partial charge in [-0.2, -0.15) is 5.10 Å². The molecule has 9 nitrogen and oxygen atoms in total. The molecule has 0 aliphatic carbocycles. The number of nitrogens with one attached hydrogen (secondary N) is 1. The first-order valence-corrected chi connectivity index (χ1v) is 11.9. The SMILES string of the molecule is CCOc1ccc(-n2c(SCC(=O)N/N=C(\C)c3ccc(O)cc3)nnc2-c2cccnc2)cc1.